The number of rotatable bonds is 7. The molecule has 2 aliphatic heterocycles. The molecule has 2 N–H and O–H groups in total. The highest BCUT2D eigenvalue weighted by atomic mass is 28.4. The van der Waals surface area contributed by atoms with E-state index >= 15 is 0 Å². The number of imide groups is 1. The summed E-state index contributed by atoms with van der Waals surface area (Å²) in [6, 6.07) is 23.4. The topological polar surface area (TPSA) is 96.3 Å². The van der Waals surface area contributed by atoms with Crippen LogP contribution in [-0.4, -0.2) is 42.7 Å². The molecule has 0 bridgehead atoms. The van der Waals surface area contributed by atoms with Gasteiger partial charge < -0.3 is 19.4 Å². The van der Waals surface area contributed by atoms with Gasteiger partial charge >= 0.3 is 12.4 Å². The SMILES string of the molecule is Cc1cc([C@@H]2C[C@H]3[C@H]4C(=O)N(c5cc(C(F)(F)F)cc(C(F)(F)F)c5)C(=O)[C@H]4C[C@H](CO[Si](c4ccccc4)(c4ccccc4)C(C)(C)C)[C@@]3(O)O2)cc(C)c1O. The molecule has 0 aromatic heterocycles. The van der Waals surface area contributed by atoms with E-state index in [9.17, 15) is 46.1 Å². The van der Waals surface area contributed by atoms with Gasteiger partial charge in [0.1, 0.15) is 5.75 Å². The molecule has 3 aliphatic rings. The minimum atomic E-state index is -5.22. The second-order valence-electron chi connectivity index (χ2n) is 16.5. The van der Waals surface area contributed by atoms with Gasteiger partial charge in [0.2, 0.25) is 11.8 Å². The van der Waals surface area contributed by atoms with Crippen molar-refractivity contribution in [3.05, 3.63) is 119 Å². The Hall–Kier alpha value is -4.50. The van der Waals surface area contributed by atoms with E-state index in [0.717, 1.165) is 10.4 Å². The summed E-state index contributed by atoms with van der Waals surface area (Å²) in [5.41, 5.74) is -2.55. The third kappa shape index (κ3) is 6.87. The first kappa shape index (κ1) is 40.7. The highest BCUT2D eigenvalue weighted by molar-refractivity contribution is 6.99. The van der Waals surface area contributed by atoms with E-state index < -0.39 is 89.9 Å². The van der Waals surface area contributed by atoms with Crippen LogP contribution >= 0.6 is 0 Å². The zero-order valence-electron chi connectivity index (χ0n) is 31.9. The monoisotopic (exact) mass is 811 g/mol. The first-order valence-corrected chi connectivity index (χ1v) is 20.6. The van der Waals surface area contributed by atoms with Crippen molar-refractivity contribution in [2.75, 3.05) is 11.5 Å². The average molecular weight is 812 g/mol. The standard InChI is InChI=1S/C43H43F6NO6Si/c1-24-16-26(17-25(2)37(24)51)35-22-34-36-33(38(52)50(39(36)53)30-19-27(42(44,45)46)18-28(20-30)43(47,48)49)21-29(41(34,54)56-35)23-55-57(40(3,4)5,31-12-8-6-9-13-31)32-14-10-7-11-15-32/h6-20,29,33-36,51,54H,21-23H2,1-5H3/t29-,33+,34+,35+,36+,41-/m1/s1. The zero-order valence-corrected chi connectivity index (χ0v) is 32.9. The Balaban J connectivity index is 1.34. The number of carbonyl (C=O) groups is 2. The van der Waals surface area contributed by atoms with Crippen LogP contribution < -0.4 is 15.3 Å². The summed E-state index contributed by atoms with van der Waals surface area (Å²) in [5, 5.41) is 24.7. The van der Waals surface area contributed by atoms with Gasteiger partial charge in [-0.05, 0) is 89.1 Å². The number of amides is 2. The summed E-state index contributed by atoms with van der Waals surface area (Å²) in [6.45, 7) is 9.42. The second-order valence-corrected chi connectivity index (χ2v) is 20.8. The fourth-order valence-corrected chi connectivity index (χ4v) is 14.0. The number of carbonyl (C=O) groups excluding carboxylic acids is 2. The lowest BCUT2D eigenvalue weighted by atomic mass is 9.64. The minimum Gasteiger partial charge on any atom is -0.507 e. The quantitative estimate of drug-likeness (QED) is 0.111. The molecular weight excluding hydrogens is 769 g/mol. The van der Waals surface area contributed by atoms with E-state index in [1.165, 1.54) is 0 Å². The molecule has 4 aromatic carbocycles. The number of fused-ring (bicyclic) bond motifs is 3. The number of halogens is 6. The largest absolute Gasteiger partial charge is 0.507 e. The Bertz CT molecular complexity index is 2100. The maximum absolute atomic E-state index is 14.4. The molecule has 3 fully saturated rings. The molecule has 0 radical (unpaired) electrons. The number of hydrogen-bond donors (Lipinski definition) is 2. The van der Waals surface area contributed by atoms with E-state index in [1.54, 1.807) is 26.0 Å². The van der Waals surface area contributed by atoms with Crippen molar-refractivity contribution in [3.8, 4) is 5.75 Å². The number of nitrogens with zero attached hydrogens (tertiary/aromatic N) is 1. The molecule has 6 atom stereocenters. The van der Waals surface area contributed by atoms with Gasteiger partial charge in [0.05, 0.1) is 34.8 Å². The molecule has 2 amide bonds. The molecule has 7 rings (SSSR count). The maximum atomic E-state index is 14.4. The van der Waals surface area contributed by atoms with E-state index in [2.05, 4.69) is 20.8 Å². The van der Waals surface area contributed by atoms with E-state index in [0.29, 0.717) is 33.7 Å². The predicted molar refractivity (Wildman–Crippen MR) is 202 cm³/mol. The van der Waals surface area contributed by atoms with Crippen molar-refractivity contribution in [1.82, 2.24) is 0 Å². The third-order valence-electron chi connectivity index (χ3n) is 12.0. The van der Waals surface area contributed by atoms with Gasteiger partial charge in [0.25, 0.3) is 8.32 Å². The van der Waals surface area contributed by atoms with Crippen molar-refractivity contribution in [2.24, 2.45) is 23.7 Å². The van der Waals surface area contributed by atoms with Gasteiger partial charge in [-0.25, -0.2) is 0 Å². The van der Waals surface area contributed by atoms with Gasteiger partial charge in [0.15, 0.2) is 5.79 Å². The molecule has 302 valence electrons. The van der Waals surface area contributed by atoms with Crippen LogP contribution in [0, 0.1) is 37.5 Å². The number of aryl methyl sites for hydroxylation is 2. The summed E-state index contributed by atoms with van der Waals surface area (Å²) >= 11 is 0. The number of aliphatic hydroxyl groups is 1. The molecule has 1 aliphatic carbocycles. The summed E-state index contributed by atoms with van der Waals surface area (Å²) in [4.78, 5) is 29.2. The molecule has 14 heteroatoms. The lowest BCUT2D eigenvalue weighted by Gasteiger charge is -2.48. The molecule has 0 unspecified atom stereocenters. The minimum absolute atomic E-state index is 0.0136. The number of phenolic OH excluding ortho intramolecular Hbond substituents is 1. The number of anilines is 1. The molecular formula is C43H43F6NO6Si. The lowest BCUT2D eigenvalue weighted by molar-refractivity contribution is -0.273. The first-order chi connectivity index (χ1) is 26.6. The number of hydrogen-bond acceptors (Lipinski definition) is 6. The maximum Gasteiger partial charge on any atom is 0.416 e. The first-order valence-electron chi connectivity index (χ1n) is 18.7. The van der Waals surface area contributed by atoms with E-state index in [-0.39, 0.29) is 31.3 Å². The third-order valence-corrected chi connectivity index (χ3v) is 17.0. The molecule has 0 spiro atoms. The molecule has 2 heterocycles. The van der Waals surface area contributed by atoms with Crippen LogP contribution in [0.2, 0.25) is 5.04 Å². The van der Waals surface area contributed by atoms with Gasteiger partial charge in [-0.15, -0.1) is 0 Å². The summed E-state index contributed by atoms with van der Waals surface area (Å²) < 4.78 is 97.5. The number of alkyl halides is 6. The van der Waals surface area contributed by atoms with Crippen LogP contribution in [0.15, 0.2) is 91.0 Å². The second kappa shape index (κ2) is 14.1. The van der Waals surface area contributed by atoms with Gasteiger partial charge in [-0.1, -0.05) is 81.4 Å². The highest BCUT2D eigenvalue weighted by Crippen LogP contribution is 2.59. The van der Waals surface area contributed by atoms with E-state index in [1.807, 2.05) is 60.7 Å². The van der Waals surface area contributed by atoms with Crippen LogP contribution in [0.1, 0.15) is 67.5 Å². The number of benzene rings is 4. The van der Waals surface area contributed by atoms with Crippen molar-refractivity contribution in [2.45, 2.75) is 76.7 Å². The molecule has 57 heavy (non-hydrogen) atoms. The zero-order chi connectivity index (χ0) is 41.5. The Kier molecular flexibility index (Phi) is 10.1. The van der Waals surface area contributed by atoms with E-state index in [4.69, 9.17) is 9.16 Å². The van der Waals surface area contributed by atoms with Gasteiger partial charge in [0, 0.05) is 18.4 Å². The van der Waals surface area contributed by atoms with Crippen molar-refractivity contribution in [3.63, 3.8) is 0 Å². The summed E-state index contributed by atoms with van der Waals surface area (Å²) in [6.07, 6.45) is -11.5. The summed E-state index contributed by atoms with van der Waals surface area (Å²) in [5.74, 6) is -8.67. The molecule has 4 aromatic rings. The number of aromatic hydroxyl groups is 1. The van der Waals surface area contributed by atoms with Crippen LogP contribution in [0.5, 0.6) is 5.75 Å². The lowest BCUT2D eigenvalue weighted by Crippen LogP contribution is -2.67. The molecule has 1 saturated carbocycles. The number of ether oxygens (including phenoxy) is 1. The average Bonchev–Trinajstić information content (AvgIpc) is 3.62. The highest BCUT2D eigenvalue weighted by Gasteiger charge is 2.67. The molecule has 7 nitrogen and oxygen atoms in total. The Morgan fingerprint density at radius 2 is 1.30 bits per heavy atom. The van der Waals surface area contributed by atoms with Crippen LogP contribution in [-0.2, 0) is 31.1 Å². The number of phenols is 1. The fourth-order valence-electron chi connectivity index (χ4n) is 9.37. The smallest absolute Gasteiger partial charge is 0.416 e. The summed E-state index contributed by atoms with van der Waals surface area (Å²) in [7, 11) is -3.26. The van der Waals surface area contributed by atoms with Crippen LogP contribution in [0.25, 0.3) is 0 Å². The normalized spacial score (nSPS) is 25.5. The molecule has 2 saturated heterocycles. The predicted octanol–water partition coefficient (Wildman–Crippen LogP) is 8.22. The Labute approximate surface area is 327 Å². The Morgan fingerprint density at radius 3 is 1.77 bits per heavy atom. The van der Waals surface area contributed by atoms with Crippen molar-refractivity contribution < 1.29 is 55.3 Å². The van der Waals surface area contributed by atoms with Crippen LogP contribution in [0.4, 0.5) is 32.0 Å². The fraction of sp³-hybridized carbons (Fsp3) is 0.395. The van der Waals surface area contributed by atoms with Crippen LogP contribution in [0.3, 0.4) is 0 Å². The Morgan fingerprint density at radius 1 is 0.789 bits per heavy atom. The van der Waals surface area contributed by atoms with Crippen molar-refractivity contribution in [1.29, 1.82) is 0 Å². The van der Waals surface area contributed by atoms with Gasteiger partial charge in [-0.3, -0.25) is 14.5 Å². The van der Waals surface area contributed by atoms with Crippen molar-refractivity contribution >= 4 is 36.2 Å². The van der Waals surface area contributed by atoms with Gasteiger partial charge in [-0.2, -0.15) is 26.3 Å².